The maximum Gasteiger partial charge on any atom is 0.204 e. The van der Waals surface area contributed by atoms with Crippen molar-refractivity contribution in [3.8, 4) is 28.7 Å². The minimum Gasteiger partial charge on any atom is -0.504 e. The maximum absolute atomic E-state index is 12.6. The lowest BCUT2D eigenvalue weighted by atomic mass is 10.1. The summed E-state index contributed by atoms with van der Waals surface area (Å²) in [6.07, 6.45) is 0. The molecule has 114 valence electrons. The van der Waals surface area contributed by atoms with Crippen molar-refractivity contribution in [1.82, 2.24) is 0 Å². The standard InChI is InChI=1S/C15H12O7/c1-20-10-3-6-9(4-7(10)16)22-11-5-8(17)15(21-2)14(19)12(11)13(6)18/h3-5,16-17,19H,1-2H3. The number of aromatic hydroxyl groups is 3. The predicted octanol–water partition coefficient (Wildman–Crippen LogP) is 2.08. The molecule has 22 heavy (non-hydrogen) atoms. The van der Waals surface area contributed by atoms with E-state index < -0.39 is 11.2 Å². The third-order valence-electron chi connectivity index (χ3n) is 3.38. The molecule has 0 bridgehead atoms. The van der Waals surface area contributed by atoms with Crippen LogP contribution in [0.4, 0.5) is 0 Å². The highest BCUT2D eigenvalue weighted by Gasteiger charge is 2.20. The summed E-state index contributed by atoms with van der Waals surface area (Å²) < 4.78 is 15.3. The van der Waals surface area contributed by atoms with Crippen LogP contribution in [0.25, 0.3) is 21.9 Å². The molecule has 0 unspecified atom stereocenters. The second kappa shape index (κ2) is 4.73. The van der Waals surface area contributed by atoms with Gasteiger partial charge in [0.1, 0.15) is 16.6 Å². The van der Waals surface area contributed by atoms with Crippen LogP contribution in [0.3, 0.4) is 0 Å². The molecular formula is C15H12O7. The van der Waals surface area contributed by atoms with Crippen molar-refractivity contribution >= 4 is 21.9 Å². The van der Waals surface area contributed by atoms with E-state index in [1.54, 1.807) is 0 Å². The van der Waals surface area contributed by atoms with E-state index in [2.05, 4.69) is 0 Å². The van der Waals surface area contributed by atoms with E-state index in [4.69, 9.17) is 13.9 Å². The summed E-state index contributed by atoms with van der Waals surface area (Å²) in [6.45, 7) is 0. The van der Waals surface area contributed by atoms with Gasteiger partial charge in [-0.3, -0.25) is 4.79 Å². The lowest BCUT2D eigenvalue weighted by molar-refractivity contribution is 0.346. The monoisotopic (exact) mass is 304 g/mol. The summed E-state index contributed by atoms with van der Waals surface area (Å²) in [5.74, 6) is -1.19. The van der Waals surface area contributed by atoms with Gasteiger partial charge in [-0.25, -0.2) is 0 Å². The average molecular weight is 304 g/mol. The molecule has 0 fully saturated rings. The number of hydrogen-bond acceptors (Lipinski definition) is 7. The van der Waals surface area contributed by atoms with Crippen molar-refractivity contribution in [2.24, 2.45) is 0 Å². The molecule has 3 rings (SSSR count). The fourth-order valence-corrected chi connectivity index (χ4v) is 2.34. The number of fused-ring (bicyclic) bond motifs is 2. The molecule has 0 saturated heterocycles. The van der Waals surface area contributed by atoms with Crippen LogP contribution in [0.1, 0.15) is 0 Å². The first kappa shape index (κ1) is 13.9. The molecule has 2 aromatic carbocycles. The lowest BCUT2D eigenvalue weighted by Crippen LogP contribution is -2.03. The fourth-order valence-electron chi connectivity index (χ4n) is 2.34. The zero-order chi connectivity index (χ0) is 16.0. The van der Waals surface area contributed by atoms with E-state index in [-0.39, 0.29) is 44.9 Å². The van der Waals surface area contributed by atoms with E-state index in [1.807, 2.05) is 0 Å². The minimum atomic E-state index is -0.537. The topological polar surface area (TPSA) is 109 Å². The molecule has 7 heteroatoms. The van der Waals surface area contributed by atoms with Crippen molar-refractivity contribution < 1.29 is 29.2 Å². The zero-order valence-corrected chi connectivity index (χ0v) is 11.7. The van der Waals surface area contributed by atoms with Crippen molar-refractivity contribution in [2.75, 3.05) is 14.2 Å². The molecule has 0 aliphatic rings. The van der Waals surface area contributed by atoms with E-state index in [0.29, 0.717) is 0 Å². The molecular weight excluding hydrogens is 292 g/mol. The van der Waals surface area contributed by atoms with Crippen molar-refractivity contribution in [3.63, 3.8) is 0 Å². The van der Waals surface area contributed by atoms with Gasteiger partial charge in [0.2, 0.25) is 11.2 Å². The fraction of sp³-hybridized carbons (Fsp3) is 0.133. The van der Waals surface area contributed by atoms with Crippen molar-refractivity contribution in [3.05, 3.63) is 28.4 Å². The van der Waals surface area contributed by atoms with Gasteiger partial charge >= 0.3 is 0 Å². The summed E-state index contributed by atoms with van der Waals surface area (Å²) in [6, 6.07) is 3.71. The van der Waals surface area contributed by atoms with Crippen LogP contribution in [0.2, 0.25) is 0 Å². The molecule has 3 aromatic rings. The largest absolute Gasteiger partial charge is 0.504 e. The number of phenolic OH excluding ortho intramolecular Hbond substituents is 3. The molecule has 0 aliphatic heterocycles. The number of methoxy groups -OCH3 is 2. The van der Waals surface area contributed by atoms with Crippen LogP contribution < -0.4 is 14.9 Å². The summed E-state index contributed by atoms with van der Waals surface area (Å²) in [5, 5.41) is 29.6. The van der Waals surface area contributed by atoms with Gasteiger partial charge in [0.05, 0.1) is 19.6 Å². The average Bonchev–Trinajstić information content (AvgIpc) is 2.46. The Morgan fingerprint density at radius 1 is 0.955 bits per heavy atom. The Morgan fingerprint density at radius 2 is 1.64 bits per heavy atom. The second-order valence-electron chi connectivity index (χ2n) is 4.60. The normalized spacial score (nSPS) is 11.0. The van der Waals surface area contributed by atoms with Crippen LogP contribution in [0.5, 0.6) is 28.7 Å². The van der Waals surface area contributed by atoms with Gasteiger partial charge in [-0.05, 0) is 6.07 Å². The molecule has 0 amide bonds. The molecule has 7 nitrogen and oxygen atoms in total. The Hall–Kier alpha value is -3.09. The molecule has 0 radical (unpaired) electrons. The zero-order valence-electron chi connectivity index (χ0n) is 11.7. The van der Waals surface area contributed by atoms with Gasteiger partial charge in [-0.2, -0.15) is 0 Å². The van der Waals surface area contributed by atoms with E-state index in [0.717, 1.165) is 6.07 Å². The Bertz CT molecular complexity index is 956. The summed E-state index contributed by atoms with van der Waals surface area (Å²) in [7, 11) is 2.60. The van der Waals surface area contributed by atoms with Gasteiger partial charge in [-0.15, -0.1) is 0 Å². The van der Waals surface area contributed by atoms with Crippen LogP contribution >= 0.6 is 0 Å². The number of rotatable bonds is 2. The first-order valence-electron chi connectivity index (χ1n) is 6.24. The molecule has 3 N–H and O–H groups in total. The first-order chi connectivity index (χ1) is 10.5. The molecule has 0 saturated carbocycles. The summed E-state index contributed by atoms with van der Waals surface area (Å²) in [4.78, 5) is 12.6. The number of benzene rings is 2. The summed E-state index contributed by atoms with van der Waals surface area (Å²) in [5.41, 5.74) is -0.469. The maximum atomic E-state index is 12.6. The Kier molecular flexibility index (Phi) is 2.98. The van der Waals surface area contributed by atoms with Crippen LogP contribution in [0, 0.1) is 0 Å². The van der Waals surface area contributed by atoms with Crippen LogP contribution in [-0.2, 0) is 0 Å². The van der Waals surface area contributed by atoms with E-state index >= 15 is 0 Å². The third kappa shape index (κ3) is 1.79. The number of hydrogen-bond donors (Lipinski definition) is 3. The molecule has 1 aromatic heterocycles. The Balaban J connectivity index is 2.53. The van der Waals surface area contributed by atoms with E-state index in [9.17, 15) is 20.1 Å². The highest BCUT2D eigenvalue weighted by Crippen LogP contribution is 2.42. The predicted molar refractivity (Wildman–Crippen MR) is 78.1 cm³/mol. The van der Waals surface area contributed by atoms with Gasteiger partial charge in [-0.1, -0.05) is 0 Å². The van der Waals surface area contributed by atoms with Crippen LogP contribution in [0.15, 0.2) is 27.4 Å². The molecule has 0 atom stereocenters. The molecule has 1 heterocycles. The SMILES string of the molecule is COc1cc2c(=O)c3c(O)c(OC)c(O)cc3oc2cc1O. The smallest absolute Gasteiger partial charge is 0.204 e. The van der Waals surface area contributed by atoms with Gasteiger partial charge in [0.25, 0.3) is 0 Å². The Labute approximate surface area is 123 Å². The highest BCUT2D eigenvalue weighted by molar-refractivity contribution is 5.96. The molecule has 0 spiro atoms. The lowest BCUT2D eigenvalue weighted by Gasteiger charge is -2.10. The third-order valence-corrected chi connectivity index (χ3v) is 3.38. The van der Waals surface area contributed by atoms with Gasteiger partial charge in [0, 0.05) is 12.1 Å². The van der Waals surface area contributed by atoms with Gasteiger partial charge < -0.3 is 29.2 Å². The van der Waals surface area contributed by atoms with E-state index in [1.165, 1.54) is 26.4 Å². The quantitative estimate of drug-likeness (QED) is 0.622. The number of ether oxygens (including phenoxy) is 2. The summed E-state index contributed by atoms with van der Waals surface area (Å²) >= 11 is 0. The first-order valence-corrected chi connectivity index (χ1v) is 6.24. The van der Waals surface area contributed by atoms with Gasteiger partial charge in [0.15, 0.2) is 23.0 Å². The Morgan fingerprint density at radius 3 is 2.27 bits per heavy atom. The van der Waals surface area contributed by atoms with Crippen LogP contribution in [-0.4, -0.2) is 29.5 Å². The highest BCUT2D eigenvalue weighted by atomic mass is 16.5. The van der Waals surface area contributed by atoms with Crippen molar-refractivity contribution in [1.29, 1.82) is 0 Å². The number of phenols is 3. The minimum absolute atomic E-state index is 0.0298. The van der Waals surface area contributed by atoms with Crippen molar-refractivity contribution in [2.45, 2.75) is 0 Å². The molecule has 0 aliphatic carbocycles. The second-order valence-corrected chi connectivity index (χ2v) is 4.60.